The van der Waals surface area contributed by atoms with E-state index < -0.39 is 0 Å². The van der Waals surface area contributed by atoms with Crippen molar-refractivity contribution in [3.05, 3.63) is 0 Å². The summed E-state index contributed by atoms with van der Waals surface area (Å²) in [5.74, 6) is 0. The molecule has 0 aliphatic carbocycles. The van der Waals surface area contributed by atoms with Gasteiger partial charge in [0.25, 0.3) is 0 Å². The first-order valence-corrected chi connectivity index (χ1v) is 13.6. The van der Waals surface area contributed by atoms with Gasteiger partial charge in [0.1, 0.15) is 0 Å². The van der Waals surface area contributed by atoms with E-state index in [2.05, 4.69) is 54.4 Å². The zero-order valence-electron chi connectivity index (χ0n) is 22.2. The van der Waals surface area contributed by atoms with Gasteiger partial charge in [-0.15, -0.1) is 0 Å². The summed E-state index contributed by atoms with van der Waals surface area (Å²) >= 11 is 0. The Balaban J connectivity index is 3.40. The Hall–Kier alpha value is -0.440. The van der Waals surface area contributed by atoms with Gasteiger partial charge in [0.05, 0.1) is 0 Å². The Labute approximate surface area is 210 Å². The highest BCUT2D eigenvalue weighted by molar-refractivity contribution is 4.65. The number of hydrogen-bond acceptors (Lipinski definition) is 11. The minimum absolute atomic E-state index is 0.700. The summed E-state index contributed by atoms with van der Waals surface area (Å²) in [5.41, 5.74) is 11.0. The first-order valence-electron chi connectivity index (χ1n) is 13.6. The van der Waals surface area contributed by atoms with E-state index in [0.717, 1.165) is 124 Å². The average molecular weight is 490 g/mol. The maximum Gasteiger partial charge on any atom is 0.0108 e. The monoisotopic (exact) mass is 489 g/mol. The standard InChI is InChI=1S/C23H59N11/c1-2-5-26-18-21-34(22-19-28-7-4-25)23-20-33-17-16-32-15-14-31-13-12-30-11-10-29-9-8-27-6-3-24/h26-33H,2-25H2,1H3. The van der Waals surface area contributed by atoms with Crippen molar-refractivity contribution in [2.75, 3.05) is 137 Å². The fourth-order valence-electron chi connectivity index (χ4n) is 3.31. The van der Waals surface area contributed by atoms with Gasteiger partial charge in [0.2, 0.25) is 0 Å². The van der Waals surface area contributed by atoms with Crippen LogP contribution in [0.25, 0.3) is 0 Å². The van der Waals surface area contributed by atoms with Crippen LogP contribution in [-0.2, 0) is 0 Å². The van der Waals surface area contributed by atoms with Gasteiger partial charge < -0.3 is 54.0 Å². The molecule has 34 heavy (non-hydrogen) atoms. The Bertz CT molecular complexity index is 352. The molecule has 0 unspecified atom stereocenters. The van der Waals surface area contributed by atoms with Crippen LogP contribution in [0.15, 0.2) is 0 Å². The molecule has 0 saturated carbocycles. The third-order valence-electron chi connectivity index (χ3n) is 5.28. The predicted molar refractivity (Wildman–Crippen MR) is 148 cm³/mol. The topological polar surface area (TPSA) is 152 Å². The molecule has 0 rings (SSSR count). The molecule has 0 bridgehead atoms. The van der Waals surface area contributed by atoms with Crippen molar-refractivity contribution in [3.8, 4) is 0 Å². The van der Waals surface area contributed by atoms with Gasteiger partial charge >= 0.3 is 0 Å². The lowest BCUT2D eigenvalue weighted by Crippen LogP contribution is -2.42. The molecule has 0 saturated heterocycles. The second kappa shape index (κ2) is 30.6. The maximum atomic E-state index is 5.56. The highest BCUT2D eigenvalue weighted by atomic mass is 15.2. The van der Waals surface area contributed by atoms with Crippen LogP contribution in [0, 0.1) is 0 Å². The fourth-order valence-corrected chi connectivity index (χ4v) is 3.31. The number of rotatable bonds is 30. The summed E-state index contributed by atoms with van der Waals surface area (Å²) in [6.45, 7) is 22.8. The van der Waals surface area contributed by atoms with Crippen LogP contribution in [0.5, 0.6) is 0 Å². The van der Waals surface area contributed by atoms with Gasteiger partial charge in [-0.1, -0.05) is 6.92 Å². The highest BCUT2D eigenvalue weighted by Crippen LogP contribution is 1.86. The van der Waals surface area contributed by atoms with E-state index in [-0.39, 0.29) is 0 Å². The van der Waals surface area contributed by atoms with Crippen LogP contribution < -0.4 is 54.0 Å². The van der Waals surface area contributed by atoms with E-state index in [1.165, 1.54) is 6.42 Å². The van der Waals surface area contributed by atoms with Crippen LogP contribution >= 0.6 is 0 Å². The van der Waals surface area contributed by atoms with Gasteiger partial charge in [0.15, 0.2) is 0 Å². The van der Waals surface area contributed by atoms with Gasteiger partial charge in [-0.25, -0.2) is 0 Å². The molecule has 0 spiro atoms. The summed E-state index contributed by atoms with van der Waals surface area (Å²) in [4.78, 5) is 2.52. The first kappa shape index (κ1) is 33.6. The van der Waals surface area contributed by atoms with E-state index in [1.54, 1.807) is 0 Å². The molecule has 0 aromatic carbocycles. The third kappa shape index (κ3) is 27.8. The van der Waals surface area contributed by atoms with Crippen molar-refractivity contribution in [1.29, 1.82) is 0 Å². The molecule has 0 radical (unpaired) electrons. The molecule has 0 fully saturated rings. The summed E-state index contributed by atoms with van der Waals surface area (Å²) < 4.78 is 0. The van der Waals surface area contributed by atoms with E-state index in [9.17, 15) is 0 Å². The highest BCUT2D eigenvalue weighted by Gasteiger charge is 2.04. The zero-order valence-corrected chi connectivity index (χ0v) is 22.2. The number of hydrogen-bond donors (Lipinski definition) is 10. The molecular weight excluding hydrogens is 430 g/mol. The fraction of sp³-hybridized carbons (Fsp3) is 1.00. The quantitative estimate of drug-likeness (QED) is 0.0455. The third-order valence-corrected chi connectivity index (χ3v) is 5.28. The van der Waals surface area contributed by atoms with Crippen LogP contribution in [-0.4, -0.2) is 142 Å². The molecule has 206 valence electrons. The average Bonchev–Trinajstić information content (AvgIpc) is 2.85. The normalized spacial score (nSPS) is 11.6. The second-order valence-electron chi connectivity index (χ2n) is 8.42. The summed E-state index contributed by atoms with van der Waals surface area (Å²) in [6.07, 6.45) is 1.19. The molecule has 0 aromatic heterocycles. The van der Waals surface area contributed by atoms with Crippen LogP contribution in [0.4, 0.5) is 0 Å². The van der Waals surface area contributed by atoms with E-state index in [4.69, 9.17) is 11.5 Å². The van der Waals surface area contributed by atoms with Gasteiger partial charge in [0, 0.05) is 131 Å². The number of nitrogens with two attached hydrogens (primary N) is 2. The Morgan fingerprint density at radius 3 is 0.971 bits per heavy atom. The van der Waals surface area contributed by atoms with Gasteiger partial charge in [-0.05, 0) is 13.0 Å². The smallest absolute Gasteiger partial charge is 0.0108 e. The molecule has 0 aliphatic heterocycles. The van der Waals surface area contributed by atoms with Crippen molar-refractivity contribution in [2.45, 2.75) is 13.3 Å². The van der Waals surface area contributed by atoms with Crippen LogP contribution in [0.3, 0.4) is 0 Å². The second-order valence-corrected chi connectivity index (χ2v) is 8.42. The summed E-state index contributed by atoms with van der Waals surface area (Å²) in [7, 11) is 0. The Kier molecular flexibility index (Phi) is 30.2. The van der Waals surface area contributed by atoms with Gasteiger partial charge in [-0.2, -0.15) is 0 Å². The molecule has 0 atom stereocenters. The molecule has 0 amide bonds. The van der Waals surface area contributed by atoms with Gasteiger partial charge in [-0.3, -0.25) is 4.90 Å². The predicted octanol–water partition coefficient (Wildman–Crippen LogP) is -3.67. The SMILES string of the molecule is CCCNCCN(CCNCCN)CCNCCNCCNCCNCCNCCNCCN. The lowest BCUT2D eigenvalue weighted by molar-refractivity contribution is 0.272. The molecular formula is C23H59N11. The van der Waals surface area contributed by atoms with Crippen molar-refractivity contribution >= 4 is 0 Å². The Morgan fingerprint density at radius 1 is 0.382 bits per heavy atom. The van der Waals surface area contributed by atoms with Crippen molar-refractivity contribution in [2.24, 2.45) is 11.5 Å². The zero-order chi connectivity index (χ0) is 24.8. The van der Waals surface area contributed by atoms with Crippen molar-refractivity contribution in [1.82, 2.24) is 47.4 Å². The molecule has 11 nitrogen and oxygen atoms in total. The summed E-state index contributed by atoms with van der Waals surface area (Å²) in [5, 5.41) is 27.5. The van der Waals surface area contributed by atoms with Crippen LogP contribution in [0.2, 0.25) is 0 Å². The van der Waals surface area contributed by atoms with Crippen LogP contribution in [0.1, 0.15) is 13.3 Å². The molecule has 11 heteroatoms. The van der Waals surface area contributed by atoms with Crippen molar-refractivity contribution in [3.63, 3.8) is 0 Å². The van der Waals surface area contributed by atoms with E-state index in [1.807, 2.05) is 0 Å². The molecule has 0 aromatic rings. The molecule has 0 aliphatic rings. The lowest BCUT2D eigenvalue weighted by atomic mass is 10.4. The minimum atomic E-state index is 0.700. The lowest BCUT2D eigenvalue weighted by Gasteiger charge is -2.23. The first-order chi connectivity index (χ1) is 16.8. The van der Waals surface area contributed by atoms with Crippen molar-refractivity contribution < 1.29 is 0 Å². The summed E-state index contributed by atoms with van der Waals surface area (Å²) in [6, 6.07) is 0. The van der Waals surface area contributed by atoms with E-state index in [0.29, 0.717) is 13.1 Å². The number of nitrogens with one attached hydrogen (secondary N) is 8. The largest absolute Gasteiger partial charge is 0.329 e. The van der Waals surface area contributed by atoms with E-state index >= 15 is 0 Å². The molecule has 0 heterocycles. The maximum absolute atomic E-state index is 5.56. The Morgan fingerprint density at radius 2 is 0.647 bits per heavy atom. The molecule has 12 N–H and O–H groups in total. The minimum Gasteiger partial charge on any atom is -0.329 e. The number of nitrogens with zero attached hydrogens (tertiary/aromatic N) is 1.